The molecule has 0 radical (unpaired) electrons. The molecular formula is C14H21N3O. The Balaban J connectivity index is 2.18. The van der Waals surface area contributed by atoms with E-state index in [-0.39, 0.29) is 5.91 Å². The molecule has 1 atom stereocenters. The highest BCUT2D eigenvalue weighted by Gasteiger charge is 2.25. The minimum absolute atomic E-state index is 0.0318. The van der Waals surface area contributed by atoms with Crippen molar-refractivity contribution in [1.82, 2.24) is 5.32 Å². The third-order valence-electron chi connectivity index (χ3n) is 3.22. The van der Waals surface area contributed by atoms with Crippen molar-refractivity contribution in [2.45, 2.75) is 45.2 Å². The van der Waals surface area contributed by atoms with Gasteiger partial charge in [0.25, 0.3) is 5.91 Å². The lowest BCUT2D eigenvalue weighted by atomic mass is 10.1. The van der Waals surface area contributed by atoms with Crippen molar-refractivity contribution in [3.05, 3.63) is 23.8 Å². The first-order chi connectivity index (χ1) is 8.60. The van der Waals surface area contributed by atoms with Crippen LogP contribution >= 0.6 is 0 Å². The summed E-state index contributed by atoms with van der Waals surface area (Å²) in [7, 11) is 0. The summed E-state index contributed by atoms with van der Waals surface area (Å²) in [6.07, 6.45) is 3.18. The number of nitrogens with two attached hydrogens (primary N) is 1. The topological polar surface area (TPSA) is 67.1 Å². The molecule has 0 aromatic heterocycles. The van der Waals surface area contributed by atoms with Gasteiger partial charge in [-0.05, 0) is 44.4 Å². The van der Waals surface area contributed by atoms with Crippen LogP contribution in [-0.4, -0.2) is 18.0 Å². The molecule has 4 heteroatoms. The van der Waals surface area contributed by atoms with Crippen molar-refractivity contribution < 1.29 is 4.79 Å². The number of amides is 1. The van der Waals surface area contributed by atoms with Gasteiger partial charge in [-0.25, -0.2) is 0 Å². The summed E-state index contributed by atoms with van der Waals surface area (Å²) >= 11 is 0. The standard InChI is InChI=1S/C14H21N3O/c1-3-9(2)16-13-7-4-10(15)8-12(13)14(18)17-11-5-6-11/h4,7-9,11,16H,3,5-6,15H2,1-2H3,(H,17,18)/t9-/m1/s1. The molecule has 2 rings (SSSR count). The lowest BCUT2D eigenvalue weighted by Crippen LogP contribution is -2.27. The molecule has 4 nitrogen and oxygen atoms in total. The van der Waals surface area contributed by atoms with E-state index in [9.17, 15) is 4.79 Å². The molecule has 0 heterocycles. The van der Waals surface area contributed by atoms with E-state index in [1.54, 1.807) is 6.07 Å². The average Bonchev–Trinajstić information content (AvgIpc) is 3.15. The normalized spacial score (nSPS) is 16.1. The SMILES string of the molecule is CC[C@@H](C)Nc1ccc(N)cc1C(=O)NC1CC1. The average molecular weight is 247 g/mol. The number of carbonyl (C=O) groups excluding carboxylic acids is 1. The van der Waals surface area contributed by atoms with E-state index >= 15 is 0 Å². The van der Waals surface area contributed by atoms with Crippen LogP contribution in [0.3, 0.4) is 0 Å². The maximum absolute atomic E-state index is 12.1. The summed E-state index contributed by atoms with van der Waals surface area (Å²) in [5, 5.41) is 6.34. The molecule has 0 bridgehead atoms. The first kappa shape index (κ1) is 12.7. The predicted octanol–water partition coefficient (Wildman–Crippen LogP) is 2.37. The van der Waals surface area contributed by atoms with Gasteiger partial charge in [-0.1, -0.05) is 6.92 Å². The molecule has 0 spiro atoms. The van der Waals surface area contributed by atoms with Gasteiger partial charge in [0.15, 0.2) is 0 Å². The fourth-order valence-electron chi connectivity index (χ4n) is 1.73. The summed E-state index contributed by atoms with van der Waals surface area (Å²) in [5.74, 6) is -0.0318. The largest absolute Gasteiger partial charge is 0.399 e. The number of benzene rings is 1. The first-order valence-corrected chi connectivity index (χ1v) is 6.57. The summed E-state index contributed by atoms with van der Waals surface area (Å²) in [6.45, 7) is 4.21. The third-order valence-corrected chi connectivity index (χ3v) is 3.22. The zero-order valence-electron chi connectivity index (χ0n) is 11.0. The van der Waals surface area contributed by atoms with Crippen LogP contribution < -0.4 is 16.4 Å². The molecule has 1 aliphatic rings. The highest BCUT2D eigenvalue weighted by Crippen LogP contribution is 2.23. The highest BCUT2D eigenvalue weighted by molar-refractivity contribution is 6.00. The maximum atomic E-state index is 12.1. The van der Waals surface area contributed by atoms with E-state index in [0.717, 1.165) is 24.9 Å². The lowest BCUT2D eigenvalue weighted by Gasteiger charge is -2.17. The van der Waals surface area contributed by atoms with Crippen molar-refractivity contribution in [3.8, 4) is 0 Å². The molecule has 1 fully saturated rings. The number of hydrogen-bond acceptors (Lipinski definition) is 3. The molecule has 1 amide bonds. The van der Waals surface area contributed by atoms with Crippen LogP contribution in [0.2, 0.25) is 0 Å². The summed E-state index contributed by atoms with van der Waals surface area (Å²) in [5.41, 5.74) is 7.88. The van der Waals surface area contributed by atoms with E-state index < -0.39 is 0 Å². The molecule has 1 saturated carbocycles. The van der Waals surface area contributed by atoms with Crippen LogP contribution in [0.1, 0.15) is 43.5 Å². The molecule has 4 N–H and O–H groups in total. The molecule has 0 saturated heterocycles. The fourth-order valence-corrected chi connectivity index (χ4v) is 1.73. The zero-order chi connectivity index (χ0) is 13.1. The van der Waals surface area contributed by atoms with Gasteiger partial charge in [0.2, 0.25) is 0 Å². The summed E-state index contributed by atoms with van der Waals surface area (Å²) in [6, 6.07) is 6.13. The molecule has 1 aromatic carbocycles. The number of anilines is 2. The fraction of sp³-hybridized carbons (Fsp3) is 0.500. The minimum Gasteiger partial charge on any atom is -0.399 e. The lowest BCUT2D eigenvalue weighted by molar-refractivity contribution is 0.0952. The summed E-state index contributed by atoms with van der Waals surface area (Å²) in [4.78, 5) is 12.1. The quantitative estimate of drug-likeness (QED) is 0.700. The second-order valence-electron chi connectivity index (χ2n) is 5.01. The van der Waals surface area contributed by atoms with Gasteiger partial charge < -0.3 is 16.4 Å². The van der Waals surface area contributed by atoms with E-state index in [0.29, 0.717) is 23.3 Å². The van der Waals surface area contributed by atoms with E-state index in [1.165, 1.54) is 0 Å². The van der Waals surface area contributed by atoms with Crippen LogP contribution in [0.15, 0.2) is 18.2 Å². The van der Waals surface area contributed by atoms with Crippen LogP contribution in [0.5, 0.6) is 0 Å². The van der Waals surface area contributed by atoms with Gasteiger partial charge in [0.05, 0.1) is 5.56 Å². The molecular weight excluding hydrogens is 226 g/mol. The Hall–Kier alpha value is -1.71. The first-order valence-electron chi connectivity index (χ1n) is 6.57. The van der Waals surface area contributed by atoms with E-state index in [1.807, 2.05) is 12.1 Å². The Morgan fingerprint density at radius 1 is 1.50 bits per heavy atom. The van der Waals surface area contributed by atoms with Gasteiger partial charge in [-0.15, -0.1) is 0 Å². The van der Waals surface area contributed by atoms with Gasteiger partial charge in [0, 0.05) is 23.5 Å². The molecule has 0 unspecified atom stereocenters. The smallest absolute Gasteiger partial charge is 0.253 e. The van der Waals surface area contributed by atoms with Crippen molar-refractivity contribution in [3.63, 3.8) is 0 Å². The number of rotatable bonds is 5. The van der Waals surface area contributed by atoms with Crippen molar-refractivity contribution in [2.75, 3.05) is 11.1 Å². The maximum Gasteiger partial charge on any atom is 0.253 e. The van der Waals surface area contributed by atoms with Gasteiger partial charge in [-0.2, -0.15) is 0 Å². The number of carbonyl (C=O) groups is 1. The molecule has 98 valence electrons. The second kappa shape index (κ2) is 5.29. The van der Waals surface area contributed by atoms with Gasteiger partial charge in [-0.3, -0.25) is 4.79 Å². The zero-order valence-corrected chi connectivity index (χ0v) is 11.0. The van der Waals surface area contributed by atoms with Crippen molar-refractivity contribution in [2.24, 2.45) is 0 Å². The number of nitrogens with one attached hydrogen (secondary N) is 2. The Bertz CT molecular complexity index is 441. The molecule has 18 heavy (non-hydrogen) atoms. The van der Waals surface area contributed by atoms with Crippen LogP contribution in [0.4, 0.5) is 11.4 Å². The third kappa shape index (κ3) is 3.15. The Kier molecular flexibility index (Phi) is 3.75. The predicted molar refractivity (Wildman–Crippen MR) is 74.7 cm³/mol. The Morgan fingerprint density at radius 2 is 2.22 bits per heavy atom. The monoisotopic (exact) mass is 247 g/mol. The Morgan fingerprint density at radius 3 is 2.83 bits per heavy atom. The van der Waals surface area contributed by atoms with E-state index in [2.05, 4.69) is 24.5 Å². The van der Waals surface area contributed by atoms with Crippen LogP contribution in [-0.2, 0) is 0 Å². The highest BCUT2D eigenvalue weighted by atomic mass is 16.1. The number of hydrogen-bond donors (Lipinski definition) is 3. The minimum atomic E-state index is -0.0318. The van der Waals surface area contributed by atoms with Gasteiger partial charge in [0.1, 0.15) is 0 Å². The molecule has 1 aliphatic carbocycles. The number of nitrogen functional groups attached to an aromatic ring is 1. The van der Waals surface area contributed by atoms with Crippen LogP contribution in [0.25, 0.3) is 0 Å². The second-order valence-corrected chi connectivity index (χ2v) is 5.01. The van der Waals surface area contributed by atoms with Crippen molar-refractivity contribution >= 4 is 17.3 Å². The van der Waals surface area contributed by atoms with Crippen LogP contribution in [0, 0.1) is 0 Å². The summed E-state index contributed by atoms with van der Waals surface area (Å²) < 4.78 is 0. The van der Waals surface area contributed by atoms with E-state index in [4.69, 9.17) is 5.73 Å². The molecule has 0 aliphatic heterocycles. The van der Waals surface area contributed by atoms with Gasteiger partial charge >= 0.3 is 0 Å². The van der Waals surface area contributed by atoms with Crippen molar-refractivity contribution in [1.29, 1.82) is 0 Å². The Labute approximate surface area is 108 Å². The molecule has 1 aromatic rings.